The molecule has 3 rings (SSSR count). The average molecular weight is 391 g/mol. The van der Waals surface area contributed by atoms with Crippen LogP contribution >= 0.6 is 0 Å². The van der Waals surface area contributed by atoms with Crippen LogP contribution in [-0.4, -0.2) is 66.6 Å². The fraction of sp³-hybridized carbons (Fsp3) is 0.682. The third kappa shape index (κ3) is 5.85. The van der Waals surface area contributed by atoms with Gasteiger partial charge in [-0.3, -0.25) is 4.90 Å². The van der Waals surface area contributed by atoms with Crippen molar-refractivity contribution in [2.24, 2.45) is 0 Å². The summed E-state index contributed by atoms with van der Waals surface area (Å²) in [7, 11) is 0. The van der Waals surface area contributed by atoms with Crippen molar-refractivity contribution in [2.75, 3.05) is 32.8 Å². The van der Waals surface area contributed by atoms with E-state index in [1.54, 1.807) is 0 Å². The summed E-state index contributed by atoms with van der Waals surface area (Å²) >= 11 is 0. The number of likely N-dealkylation sites (tertiary alicyclic amines) is 1. The van der Waals surface area contributed by atoms with Gasteiger partial charge in [-0.05, 0) is 64.7 Å². The number of carbonyl (C=O) groups is 1. The van der Waals surface area contributed by atoms with Gasteiger partial charge < -0.3 is 19.1 Å². The molecule has 0 N–H and O–H groups in total. The number of ether oxygens (including phenoxy) is 3. The predicted octanol–water partition coefficient (Wildman–Crippen LogP) is 3.69. The summed E-state index contributed by atoms with van der Waals surface area (Å²) in [6, 6.07) is 8.46. The molecule has 0 spiro atoms. The molecule has 1 amide bonds. The van der Waals surface area contributed by atoms with Gasteiger partial charge in [0.05, 0.1) is 13.2 Å². The molecule has 0 aromatic heterocycles. The van der Waals surface area contributed by atoms with Crippen molar-refractivity contribution in [3.8, 4) is 5.75 Å². The monoisotopic (exact) mass is 390 g/mol. The maximum Gasteiger partial charge on any atom is 0.410 e. The summed E-state index contributed by atoms with van der Waals surface area (Å²) in [5.41, 5.74) is 0.757. The van der Waals surface area contributed by atoms with E-state index in [0.717, 1.165) is 57.9 Å². The van der Waals surface area contributed by atoms with Gasteiger partial charge in [-0.1, -0.05) is 12.1 Å². The second-order valence-corrected chi connectivity index (χ2v) is 8.68. The highest BCUT2D eigenvalue weighted by Gasteiger charge is 2.32. The molecule has 1 aromatic rings. The van der Waals surface area contributed by atoms with Gasteiger partial charge >= 0.3 is 6.09 Å². The zero-order valence-electron chi connectivity index (χ0n) is 17.6. The predicted molar refractivity (Wildman–Crippen MR) is 109 cm³/mol. The van der Waals surface area contributed by atoms with E-state index >= 15 is 0 Å². The van der Waals surface area contributed by atoms with Gasteiger partial charge in [-0.25, -0.2) is 4.79 Å². The standard InChI is InChI=1S/C22H34N2O4/c1-17(23-12-14-26-15-13-23)27-20-9-7-18(8-10-20)16-19-6-5-11-24(19)21(25)28-22(2,3)4/h7-10,17,19H,5-6,11-16H2,1-4H3. The van der Waals surface area contributed by atoms with Crippen molar-refractivity contribution >= 4 is 6.09 Å². The Balaban J connectivity index is 1.54. The Morgan fingerprint density at radius 2 is 1.86 bits per heavy atom. The van der Waals surface area contributed by atoms with Gasteiger partial charge in [-0.2, -0.15) is 0 Å². The molecule has 28 heavy (non-hydrogen) atoms. The molecule has 6 heteroatoms. The molecule has 0 bridgehead atoms. The van der Waals surface area contributed by atoms with E-state index in [1.807, 2.05) is 37.8 Å². The number of amides is 1. The van der Waals surface area contributed by atoms with Crippen molar-refractivity contribution in [2.45, 2.75) is 64.8 Å². The number of rotatable bonds is 5. The second-order valence-electron chi connectivity index (χ2n) is 8.68. The lowest BCUT2D eigenvalue weighted by Crippen LogP contribution is -2.44. The van der Waals surface area contributed by atoms with Crippen LogP contribution in [0.25, 0.3) is 0 Å². The first-order valence-electron chi connectivity index (χ1n) is 10.4. The highest BCUT2D eigenvalue weighted by Crippen LogP contribution is 2.25. The summed E-state index contributed by atoms with van der Waals surface area (Å²) in [6.07, 6.45) is 2.73. The van der Waals surface area contributed by atoms with E-state index in [4.69, 9.17) is 14.2 Å². The van der Waals surface area contributed by atoms with Crippen LogP contribution in [0.2, 0.25) is 0 Å². The number of nitrogens with zero attached hydrogens (tertiary/aromatic N) is 2. The van der Waals surface area contributed by atoms with Crippen molar-refractivity contribution in [1.82, 2.24) is 9.80 Å². The second kappa shape index (κ2) is 9.14. The summed E-state index contributed by atoms with van der Waals surface area (Å²) in [5.74, 6) is 0.873. The average Bonchev–Trinajstić information content (AvgIpc) is 3.11. The zero-order valence-corrected chi connectivity index (χ0v) is 17.6. The molecule has 0 aliphatic carbocycles. The lowest BCUT2D eigenvalue weighted by molar-refractivity contribution is -0.0373. The van der Waals surface area contributed by atoms with Gasteiger partial charge in [0.2, 0.25) is 0 Å². The third-order valence-electron chi connectivity index (χ3n) is 5.27. The molecule has 156 valence electrons. The van der Waals surface area contributed by atoms with Gasteiger partial charge in [0, 0.05) is 25.7 Å². The van der Waals surface area contributed by atoms with E-state index in [1.165, 1.54) is 5.56 Å². The van der Waals surface area contributed by atoms with E-state index in [9.17, 15) is 4.79 Å². The molecule has 1 aromatic carbocycles. The summed E-state index contributed by atoms with van der Waals surface area (Å²) < 4.78 is 17.0. The summed E-state index contributed by atoms with van der Waals surface area (Å²) in [6.45, 7) is 11.9. The van der Waals surface area contributed by atoms with Crippen LogP contribution in [-0.2, 0) is 15.9 Å². The Morgan fingerprint density at radius 3 is 2.50 bits per heavy atom. The normalized spacial score (nSPS) is 22.1. The molecule has 2 fully saturated rings. The summed E-state index contributed by atoms with van der Waals surface area (Å²) in [5, 5.41) is 0. The fourth-order valence-electron chi connectivity index (χ4n) is 3.80. The minimum Gasteiger partial charge on any atom is -0.475 e. The Bertz CT molecular complexity index is 635. The molecule has 0 saturated carbocycles. The summed E-state index contributed by atoms with van der Waals surface area (Å²) in [4.78, 5) is 16.6. The smallest absolute Gasteiger partial charge is 0.410 e. The SMILES string of the molecule is CC(Oc1ccc(CC2CCCN2C(=O)OC(C)(C)C)cc1)N1CCOCC1. The van der Waals surface area contributed by atoms with Crippen molar-refractivity contribution in [3.05, 3.63) is 29.8 Å². The minimum absolute atomic E-state index is 0.0345. The van der Waals surface area contributed by atoms with Crippen molar-refractivity contribution in [1.29, 1.82) is 0 Å². The Labute approximate surface area is 168 Å². The molecular formula is C22H34N2O4. The number of hydrogen-bond acceptors (Lipinski definition) is 5. The van der Waals surface area contributed by atoms with Crippen LogP contribution < -0.4 is 4.74 Å². The van der Waals surface area contributed by atoms with Crippen molar-refractivity contribution in [3.63, 3.8) is 0 Å². The van der Waals surface area contributed by atoms with Crippen LogP contribution in [0.4, 0.5) is 4.79 Å². The van der Waals surface area contributed by atoms with E-state index < -0.39 is 5.60 Å². The first-order chi connectivity index (χ1) is 13.3. The molecule has 2 atom stereocenters. The van der Waals surface area contributed by atoms with Crippen LogP contribution in [0.5, 0.6) is 5.75 Å². The number of hydrogen-bond donors (Lipinski definition) is 0. The minimum atomic E-state index is -0.458. The van der Waals surface area contributed by atoms with Gasteiger partial charge in [0.1, 0.15) is 17.6 Å². The first-order valence-corrected chi connectivity index (χ1v) is 10.4. The topological polar surface area (TPSA) is 51.2 Å². The molecule has 2 aliphatic rings. The van der Waals surface area contributed by atoms with Gasteiger partial charge in [0.15, 0.2) is 0 Å². The highest BCUT2D eigenvalue weighted by atomic mass is 16.6. The van der Waals surface area contributed by atoms with Crippen LogP contribution in [0, 0.1) is 0 Å². The molecule has 0 radical (unpaired) electrons. The van der Waals surface area contributed by atoms with Crippen LogP contribution in [0.1, 0.15) is 46.1 Å². The Morgan fingerprint density at radius 1 is 1.18 bits per heavy atom. The van der Waals surface area contributed by atoms with Crippen LogP contribution in [0.15, 0.2) is 24.3 Å². The largest absolute Gasteiger partial charge is 0.475 e. The zero-order chi connectivity index (χ0) is 20.1. The molecular weight excluding hydrogens is 356 g/mol. The number of carbonyl (C=O) groups excluding carboxylic acids is 1. The first kappa shape index (κ1) is 20.9. The molecule has 6 nitrogen and oxygen atoms in total. The Hall–Kier alpha value is -1.79. The lowest BCUT2D eigenvalue weighted by atomic mass is 10.0. The molecule has 2 unspecified atom stereocenters. The Kier molecular flexibility index (Phi) is 6.83. The maximum atomic E-state index is 12.5. The van der Waals surface area contributed by atoms with Crippen LogP contribution in [0.3, 0.4) is 0 Å². The van der Waals surface area contributed by atoms with Crippen molar-refractivity contribution < 1.29 is 19.0 Å². The lowest BCUT2D eigenvalue weighted by Gasteiger charge is -2.32. The van der Waals surface area contributed by atoms with Gasteiger partial charge in [-0.15, -0.1) is 0 Å². The van der Waals surface area contributed by atoms with E-state index in [-0.39, 0.29) is 18.4 Å². The molecule has 2 aliphatic heterocycles. The number of morpholine rings is 1. The van der Waals surface area contributed by atoms with E-state index in [0.29, 0.717) is 0 Å². The molecule has 2 heterocycles. The van der Waals surface area contributed by atoms with Gasteiger partial charge in [0.25, 0.3) is 0 Å². The quantitative estimate of drug-likeness (QED) is 0.768. The highest BCUT2D eigenvalue weighted by molar-refractivity contribution is 5.69. The van der Waals surface area contributed by atoms with E-state index in [2.05, 4.69) is 24.0 Å². The molecule has 2 saturated heterocycles. The maximum absolute atomic E-state index is 12.5. The fourth-order valence-corrected chi connectivity index (χ4v) is 3.80. The third-order valence-corrected chi connectivity index (χ3v) is 5.27. The number of benzene rings is 1.